The minimum atomic E-state index is -0.288. The van der Waals surface area contributed by atoms with Crippen LogP contribution in [0, 0.1) is 0 Å². The van der Waals surface area contributed by atoms with Crippen LogP contribution in [0.2, 0.25) is 0 Å². The van der Waals surface area contributed by atoms with E-state index in [1.807, 2.05) is 36.0 Å². The van der Waals surface area contributed by atoms with Crippen molar-refractivity contribution in [3.63, 3.8) is 0 Å². The zero-order chi connectivity index (χ0) is 21.2. The maximum Gasteiger partial charge on any atom is 0.275 e. The van der Waals surface area contributed by atoms with Gasteiger partial charge in [0, 0.05) is 36.1 Å². The van der Waals surface area contributed by atoms with Crippen molar-refractivity contribution in [1.29, 1.82) is 0 Å². The lowest BCUT2D eigenvalue weighted by Crippen LogP contribution is -2.33. The molecule has 4 aromatic rings. The van der Waals surface area contributed by atoms with Crippen LogP contribution in [-0.2, 0) is 4.74 Å². The highest BCUT2D eigenvalue weighted by Gasteiger charge is 2.32. The molecule has 0 saturated heterocycles. The van der Waals surface area contributed by atoms with Gasteiger partial charge in [-0.1, -0.05) is 6.07 Å². The third-order valence-corrected chi connectivity index (χ3v) is 6.11. The van der Waals surface area contributed by atoms with E-state index in [1.165, 1.54) is 11.3 Å². The van der Waals surface area contributed by atoms with Crippen molar-refractivity contribution in [2.45, 2.75) is 31.9 Å². The molecule has 0 unspecified atom stereocenters. The highest BCUT2D eigenvalue weighted by molar-refractivity contribution is 7.13. The minimum Gasteiger partial charge on any atom is -0.378 e. The number of rotatable bonds is 7. The minimum absolute atomic E-state index is 0.247. The fourth-order valence-corrected chi connectivity index (χ4v) is 4.33. The summed E-state index contributed by atoms with van der Waals surface area (Å²) in [4.78, 5) is 21.8. The number of ether oxygens (including phenoxy) is 1. The van der Waals surface area contributed by atoms with Gasteiger partial charge in [-0.15, -0.1) is 11.3 Å². The number of aromatic nitrogens is 6. The number of thiazole rings is 1. The van der Waals surface area contributed by atoms with Gasteiger partial charge >= 0.3 is 0 Å². The topological polar surface area (TPSA) is 111 Å². The molecule has 10 heteroatoms. The molecule has 2 N–H and O–H groups in total. The molecule has 0 atom stereocenters. The van der Waals surface area contributed by atoms with Gasteiger partial charge in [0.15, 0.2) is 0 Å². The molecule has 5 rings (SSSR count). The van der Waals surface area contributed by atoms with E-state index in [9.17, 15) is 4.79 Å². The van der Waals surface area contributed by atoms with Gasteiger partial charge in [-0.25, -0.2) is 4.98 Å². The molecule has 1 fully saturated rings. The first-order valence-corrected chi connectivity index (χ1v) is 11.0. The molecule has 158 valence electrons. The number of nitrogens with zero attached hydrogens (tertiary/aromatic N) is 5. The van der Waals surface area contributed by atoms with Crippen molar-refractivity contribution in [3.8, 4) is 22.0 Å². The maximum atomic E-state index is 12.9. The first-order chi connectivity index (χ1) is 15.2. The van der Waals surface area contributed by atoms with Crippen LogP contribution in [0.4, 0.5) is 5.69 Å². The molecule has 0 aromatic carbocycles. The molecule has 31 heavy (non-hydrogen) atoms. The maximum absolute atomic E-state index is 12.9. The van der Waals surface area contributed by atoms with Gasteiger partial charge < -0.3 is 10.1 Å². The number of hydrogen-bond acceptors (Lipinski definition) is 7. The number of hydrogen-bond donors (Lipinski definition) is 2. The van der Waals surface area contributed by atoms with Gasteiger partial charge in [0.25, 0.3) is 5.91 Å². The predicted octanol–water partition coefficient (Wildman–Crippen LogP) is 3.78. The monoisotopic (exact) mass is 435 g/mol. The van der Waals surface area contributed by atoms with E-state index in [0.29, 0.717) is 29.4 Å². The quantitative estimate of drug-likeness (QED) is 0.457. The molecular weight excluding hydrogens is 414 g/mol. The van der Waals surface area contributed by atoms with E-state index in [0.717, 1.165) is 23.4 Å². The van der Waals surface area contributed by atoms with Crippen LogP contribution in [-0.4, -0.2) is 48.6 Å². The first kappa shape index (κ1) is 19.6. The Hall–Kier alpha value is -3.37. The molecule has 9 nitrogen and oxygen atoms in total. The molecule has 0 spiro atoms. The van der Waals surface area contributed by atoms with Crippen LogP contribution in [0.1, 0.15) is 36.3 Å². The van der Waals surface area contributed by atoms with E-state index < -0.39 is 0 Å². The summed E-state index contributed by atoms with van der Waals surface area (Å²) in [5, 5.41) is 16.9. The first-order valence-electron chi connectivity index (χ1n) is 10.1. The van der Waals surface area contributed by atoms with Crippen LogP contribution in [0.15, 0.2) is 48.4 Å². The Morgan fingerprint density at radius 3 is 3.03 bits per heavy atom. The van der Waals surface area contributed by atoms with Crippen LogP contribution in [0.3, 0.4) is 0 Å². The second-order valence-corrected chi connectivity index (χ2v) is 8.13. The van der Waals surface area contributed by atoms with Crippen molar-refractivity contribution < 1.29 is 9.53 Å². The van der Waals surface area contributed by atoms with Gasteiger partial charge in [-0.2, -0.15) is 10.2 Å². The lowest BCUT2D eigenvalue weighted by Gasteiger charge is -2.34. The van der Waals surface area contributed by atoms with Gasteiger partial charge in [-0.3, -0.25) is 19.6 Å². The standard InChI is InChI=1S/C21H21N7O2S/c1-2-30-15-7-14(8-15)28-11-17(19(27-28)16-5-3-4-6-22-16)25-20(29)18-12-31-21(26-18)13-9-23-24-10-13/h3-6,9-12,14-15H,2,7-8H2,1H3,(H,23,24)(H,25,29). The summed E-state index contributed by atoms with van der Waals surface area (Å²) in [5.41, 5.74) is 3.15. The second kappa shape index (κ2) is 8.40. The van der Waals surface area contributed by atoms with Crippen molar-refractivity contribution >= 4 is 22.9 Å². The van der Waals surface area contributed by atoms with Gasteiger partial charge in [0.2, 0.25) is 0 Å². The van der Waals surface area contributed by atoms with E-state index in [-0.39, 0.29) is 18.1 Å². The number of aromatic amines is 1. The third kappa shape index (κ3) is 3.99. The lowest BCUT2D eigenvalue weighted by molar-refractivity contribution is -0.0226. The summed E-state index contributed by atoms with van der Waals surface area (Å²) in [6, 6.07) is 5.88. The highest BCUT2D eigenvalue weighted by atomic mass is 32.1. The Morgan fingerprint density at radius 1 is 1.39 bits per heavy atom. The summed E-state index contributed by atoms with van der Waals surface area (Å²) < 4.78 is 7.58. The Kier molecular flexibility index (Phi) is 5.31. The lowest BCUT2D eigenvalue weighted by atomic mass is 9.89. The number of carbonyl (C=O) groups is 1. The largest absolute Gasteiger partial charge is 0.378 e. The molecule has 1 amide bonds. The average molecular weight is 436 g/mol. The van der Waals surface area contributed by atoms with E-state index in [1.54, 1.807) is 24.0 Å². The molecule has 1 aliphatic rings. The Balaban J connectivity index is 1.39. The molecule has 1 saturated carbocycles. The van der Waals surface area contributed by atoms with Crippen molar-refractivity contribution in [1.82, 2.24) is 29.9 Å². The van der Waals surface area contributed by atoms with Crippen molar-refractivity contribution in [3.05, 3.63) is 54.1 Å². The molecule has 4 aromatic heterocycles. The smallest absolute Gasteiger partial charge is 0.275 e. The molecule has 0 bridgehead atoms. The van der Waals surface area contributed by atoms with Gasteiger partial charge in [0.1, 0.15) is 16.4 Å². The van der Waals surface area contributed by atoms with Crippen molar-refractivity contribution in [2.24, 2.45) is 0 Å². The van der Waals surface area contributed by atoms with Gasteiger partial charge in [0.05, 0.1) is 29.7 Å². The van der Waals surface area contributed by atoms with Crippen molar-refractivity contribution in [2.75, 3.05) is 11.9 Å². The zero-order valence-corrected chi connectivity index (χ0v) is 17.7. The van der Waals surface area contributed by atoms with Crippen LogP contribution in [0.25, 0.3) is 22.0 Å². The number of pyridine rings is 1. The Bertz CT molecular complexity index is 1160. The number of nitrogens with one attached hydrogen (secondary N) is 2. The SMILES string of the molecule is CCOC1CC(n2cc(NC(=O)c3csc(-c4cn[nH]c4)n3)c(-c3ccccn3)n2)C1. The number of carbonyl (C=O) groups excluding carboxylic acids is 1. The zero-order valence-electron chi connectivity index (χ0n) is 16.9. The van der Waals surface area contributed by atoms with Gasteiger partial charge in [-0.05, 0) is 31.9 Å². The fourth-order valence-electron chi connectivity index (χ4n) is 3.55. The molecule has 4 heterocycles. The molecule has 0 aliphatic heterocycles. The summed E-state index contributed by atoms with van der Waals surface area (Å²) in [7, 11) is 0. The summed E-state index contributed by atoms with van der Waals surface area (Å²) >= 11 is 1.40. The number of amides is 1. The van der Waals surface area contributed by atoms with Crippen LogP contribution >= 0.6 is 11.3 Å². The Morgan fingerprint density at radius 2 is 2.29 bits per heavy atom. The second-order valence-electron chi connectivity index (χ2n) is 7.27. The number of H-pyrrole nitrogens is 1. The van der Waals surface area contributed by atoms with E-state index >= 15 is 0 Å². The summed E-state index contributed by atoms with van der Waals surface area (Å²) in [5.74, 6) is -0.288. The fraction of sp³-hybridized carbons (Fsp3) is 0.286. The molecular formula is C21H21N7O2S. The molecule has 1 aliphatic carbocycles. The van der Waals surface area contributed by atoms with E-state index in [2.05, 4.69) is 25.5 Å². The summed E-state index contributed by atoms with van der Waals surface area (Å²) in [6.45, 7) is 2.72. The molecule has 0 radical (unpaired) electrons. The highest BCUT2D eigenvalue weighted by Crippen LogP contribution is 2.37. The number of anilines is 1. The summed E-state index contributed by atoms with van der Waals surface area (Å²) in [6.07, 6.45) is 9.10. The van der Waals surface area contributed by atoms with E-state index in [4.69, 9.17) is 9.84 Å². The average Bonchev–Trinajstić information content (AvgIpc) is 3.51. The normalized spacial score (nSPS) is 18.0. The third-order valence-electron chi connectivity index (χ3n) is 5.22. The predicted molar refractivity (Wildman–Crippen MR) is 117 cm³/mol. The van der Waals surface area contributed by atoms with Crippen LogP contribution < -0.4 is 5.32 Å². The Labute approximate surface area is 182 Å². The van der Waals surface area contributed by atoms with Crippen LogP contribution in [0.5, 0.6) is 0 Å².